The SMILES string of the molecule is CCS(=O)(=O)c1nnn(CCN2CCCC2)c1N. The van der Waals surface area contributed by atoms with Gasteiger partial charge in [0.2, 0.25) is 14.9 Å². The van der Waals surface area contributed by atoms with Gasteiger partial charge in [-0.05, 0) is 25.9 Å². The fourth-order valence-corrected chi connectivity index (χ4v) is 2.93. The molecule has 0 spiro atoms. The van der Waals surface area contributed by atoms with Crippen molar-refractivity contribution in [3.8, 4) is 0 Å². The molecule has 1 aliphatic heterocycles. The van der Waals surface area contributed by atoms with Crippen molar-refractivity contribution in [2.24, 2.45) is 0 Å². The topological polar surface area (TPSA) is 94.1 Å². The first kappa shape index (κ1) is 13.3. The maximum Gasteiger partial charge on any atom is 0.220 e. The van der Waals surface area contributed by atoms with Gasteiger partial charge in [0, 0.05) is 6.54 Å². The zero-order valence-electron chi connectivity index (χ0n) is 10.5. The highest BCUT2D eigenvalue weighted by Gasteiger charge is 2.22. The molecule has 102 valence electrons. The van der Waals surface area contributed by atoms with E-state index < -0.39 is 9.84 Å². The molecule has 0 aromatic carbocycles. The van der Waals surface area contributed by atoms with Crippen molar-refractivity contribution in [3.05, 3.63) is 0 Å². The van der Waals surface area contributed by atoms with Crippen LogP contribution < -0.4 is 5.73 Å². The van der Waals surface area contributed by atoms with Crippen molar-refractivity contribution in [3.63, 3.8) is 0 Å². The summed E-state index contributed by atoms with van der Waals surface area (Å²) in [5.41, 5.74) is 5.79. The van der Waals surface area contributed by atoms with Crippen molar-refractivity contribution in [2.45, 2.75) is 31.3 Å². The van der Waals surface area contributed by atoms with Gasteiger partial charge in [-0.25, -0.2) is 13.1 Å². The molecule has 2 N–H and O–H groups in total. The quantitative estimate of drug-likeness (QED) is 0.795. The second kappa shape index (κ2) is 5.23. The standard InChI is InChI=1S/C10H19N5O2S/c1-2-18(16,17)10-9(11)15(13-12-10)8-7-14-5-3-4-6-14/h2-8,11H2,1H3. The van der Waals surface area contributed by atoms with Crippen LogP contribution in [0.3, 0.4) is 0 Å². The van der Waals surface area contributed by atoms with Crippen molar-refractivity contribution in [1.29, 1.82) is 0 Å². The Morgan fingerprint density at radius 1 is 1.28 bits per heavy atom. The number of hydrogen-bond acceptors (Lipinski definition) is 6. The molecule has 1 fully saturated rings. The van der Waals surface area contributed by atoms with Crippen molar-refractivity contribution in [2.75, 3.05) is 31.1 Å². The molecular weight excluding hydrogens is 254 g/mol. The lowest BCUT2D eigenvalue weighted by Crippen LogP contribution is -2.25. The normalized spacial score (nSPS) is 17.4. The molecule has 0 atom stereocenters. The lowest BCUT2D eigenvalue weighted by molar-refractivity contribution is 0.315. The van der Waals surface area contributed by atoms with E-state index in [0.717, 1.165) is 19.6 Å². The molecule has 1 aliphatic rings. The van der Waals surface area contributed by atoms with Crippen LogP contribution in [0.2, 0.25) is 0 Å². The summed E-state index contributed by atoms with van der Waals surface area (Å²) in [7, 11) is -3.38. The highest BCUT2D eigenvalue weighted by molar-refractivity contribution is 7.91. The number of hydrogen-bond donors (Lipinski definition) is 1. The van der Waals surface area contributed by atoms with E-state index in [-0.39, 0.29) is 16.6 Å². The molecule has 2 rings (SSSR count). The second-order valence-corrected chi connectivity index (χ2v) is 6.65. The largest absolute Gasteiger partial charge is 0.381 e. The third-order valence-electron chi connectivity index (χ3n) is 3.24. The summed E-state index contributed by atoms with van der Waals surface area (Å²) < 4.78 is 24.9. The zero-order valence-corrected chi connectivity index (χ0v) is 11.4. The van der Waals surface area contributed by atoms with Crippen LogP contribution in [0.15, 0.2) is 5.03 Å². The molecule has 7 nitrogen and oxygen atoms in total. The van der Waals surface area contributed by atoms with Crippen LogP contribution >= 0.6 is 0 Å². The Bertz CT molecular complexity index is 504. The van der Waals surface area contributed by atoms with Gasteiger partial charge in [0.15, 0.2) is 5.82 Å². The Morgan fingerprint density at radius 2 is 1.94 bits per heavy atom. The maximum atomic E-state index is 11.7. The zero-order chi connectivity index (χ0) is 13.2. The second-order valence-electron chi connectivity index (χ2n) is 4.46. The Kier molecular flexibility index (Phi) is 3.86. The summed E-state index contributed by atoms with van der Waals surface area (Å²) in [5.74, 6) is 0.137. The van der Waals surface area contributed by atoms with Gasteiger partial charge in [0.25, 0.3) is 0 Å². The minimum atomic E-state index is -3.38. The molecule has 18 heavy (non-hydrogen) atoms. The first-order valence-corrected chi connectivity index (χ1v) is 7.84. The number of nitrogen functional groups attached to an aromatic ring is 1. The van der Waals surface area contributed by atoms with E-state index in [1.165, 1.54) is 17.5 Å². The average Bonchev–Trinajstić information content (AvgIpc) is 2.96. The van der Waals surface area contributed by atoms with Gasteiger partial charge in [-0.1, -0.05) is 12.1 Å². The van der Waals surface area contributed by atoms with Crippen LogP contribution in [-0.4, -0.2) is 53.7 Å². The predicted octanol–water partition coefficient (Wildman–Crippen LogP) is -0.250. The maximum absolute atomic E-state index is 11.7. The highest BCUT2D eigenvalue weighted by Crippen LogP contribution is 2.16. The summed E-state index contributed by atoms with van der Waals surface area (Å²) in [6, 6.07) is 0. The van der Waals surface area contributed by atoms with Crippen molar-refractivity contribution >= 4 is 15.7 Å². The fourth-order valence-electron chi connectivity index (χ4n) is 2.07. The third-order valence-corrected chi connectivity index (χ3v) is 4.88. The third kappa shape index (κ3) is 2.64. The number of sulfone groups is 1. The van der Waals surface area contributed by atoms with Gasteiger partial charge >= 0.3 is 0 Å². The number of rotatable bonds is 5. The van der Waals surface area contributed by atoms with E-state index in [1.54, 1.807) is 6.92 Å². The van der Waals surface area contributed by atoms with E-state index in [4.69, 9.17) is 5.73 Å². The Morgan fingerprint density at radius 3 is 2.56 bits per heavy atom. The average molecular weight is 273 g/mol. The molecule has 1 saturated heterocycles. The Balaban J connectivity index is 2.06. The van der Waals surface area contributed by atoms with Crippen LogP contribution in [0.1, 0.15) is 19.8 Å². The van der Waals surface area contributed by atoms with Crippen LogP contribution in [-0.2, 0) is 16.4 Å². The molecule has 0 saturated carbocycles. The number of nitrogens with two attached hydrogens (primary N) is 1. The first-order valence-electron chi connectivity index (χ1n) is 6.18. The van der Waals surface area contributed by atoms with Gasteiger partial charge in [0.1, 0.15) is 0 Å². The molecule has 0 amide bonds. The minimum absolute atomic E-state index is 0.0119. The van der Waals surface area contributed by atoms with E-state index >= 15 is 0 Å². The minimum Gasteiger partial charge on any atom is -0.381 e. The number of likely N-dealkylation sites (tertiary alicyclic amines) is 1. The lowest BCUT2D eigenvalue weighted by Gasteiger charge is -2.14. The summed E-state index contributed by atoms with van der Waals surface area (Å²) >= 11 is 0. The van der Waals surface area contributed by atoms with Crippen LogP contribution in [0.25, 0.3) is 0 Å². The molecular formula is C10H19N5O2S. The van der Waals surface area contributed by atoms with Crippen molar-refractivity contribution in [1.82, 2.24) is 19.9 Å². The van der Waals surface area contributed by atoms with Gasteiger partial charge in [-0.15, -0.1) is 5.10 Å². The van der Waals surface area contributed by atoms with E-state index in [2.05, 4.69) is 15.2 Å². The first-order chi connectivity index (χ1) is 8.54. The number of nitrogens with zero attached hydrogens (tertiary/aromatic N) is 4. The molecule has 0 bridgehead atoms. The predicted molar refractivity (Wildman–Crippen MR) is 67.8 cm³/mol. The smallest absolute Gasteiger partial charge is 0.220 e. The summed E-state index contributed by atoms with van der Waals surface area (Å²) in [5, 5.41) is 7.42. The van der Waals surface area contributed by atoms with Gasteiger partial charge in [-0.2, -0.15) is 0 Å². The molecule has 0 aliphatic carbocycles. The number of anilines is 1. The molecule has 8 heteroatoms. The highest BCUT2D eigenvalue weighted by atomic mass is 32.2. The number of aromatic nitrogens is 3. The van der Waals surface area contributed by atoms with Gasteiger partial charge in [0.05, 0.1) is 12.3 Å². The van der Waals surface area contributed by atoms with Gasteiger partial charge in [-0.3, -0.25) is 0 Å². The lowest BCUT2D eigenvalue weighted by atomic mass is 10.4. The van der Waals surface area contributed by atoms with Crippen molar-refractivity contribution < 1.29 is 8.42 Å². The summed E-state index contributed by atoms with van der Waals surface area (Å²) in [6.45, 7) is 5.17. The Labute approximate surface area is 107 Å². The molecule has 0 radical (unpaired) electrons. The summed E-state index contributed by atoms with van der Waals surface area (Å²) in [4.78, 5) is 2.31. The van der Waals surface area contributed by atoms with Gasteiger partial charge < -0.3 is 10.6 Å². The molecule has 0 unspecified atom stereocenters. The Hall–Kier alpha value is -1.15. The molecule has 2 heterocycles. The van der Waals surface area contributed by atoms with E-state index in [0.29, 0.717) is 6.54 Å². The molecule has 1 aromatic rings. The van der Waals surface area contributed by atoms with Crippen LogP contribution in [0, 0.1) is 0 Å². The summed E-state index contributed by atoms with van der Waals surface area (Å²) in [6.07, 6.45) is 2.45. The van der Waals surface area contributed by atoms with Crippen LogP contribution in [0.4, 0.5) is 5.82 Å². The van der Waals surface area contributed by atoms with E-state index in [9.17, 15) is 8.42 Å². The van der Waals surface area contributed by atoms with Crippen LogP contribution in [0.5, 0.6) is 0 Å². The fraction of sp³-hybridized carbons (Fsp3) is 0.800. The van der Waals surface area contributed by atoms with E-state index in [1.807, 2.05) is 0 Å². The molecule has 1 aromatic heterocycles. The monoisotopic (exact) mass is 273 g/mol.